The second-order valence-electron chi connectivity index (χ2n) is 5.40. The first-order valence-corrected chi connectivity index (χ1v) is 7.74. The molecule has 0 unspecified atom stereocenters. The third-order valence-electron chi connectivity index (χ3n) is 3.59. The van der Waals surface area contributed by atoms with Crippen molar-refractivity contribution in [1.29, 1.82) is 0 Å². The second-order valence-corrected chi connectivity index (χ2v) is 5.40. The first-order chi connectivity index (χ1) is 12.5. The van der Waals surface area contributed by atoms with Crippen LogP contribution in [-0.4, -0.2) is 22.1 Å². The number of carbonyl (C=O) groups is 2. The molecule has 0 fully saturated rings. The highest BCUT2D eigenvalue weighted by Crippen LogP contribution is 2.27. The molecule has 0 aliphatic heterocycles. The number of benzene rings is 3. The number of hydrogen-bond acceptors (Lipinski definition) is 4. The molecule has 0 aromatic heterocycles. The third kappa shape index (κ3) is 3.81. The van der Waals surface area contributed by atoms with Gasteiger partial charge in [0.2, 0.25) is 0 Å². The van der Waals surface area contributed by atoms with Gasteiger partial charge in [0.05, 0.1) is 5.56 Å². The summed E-state index contributed by atoms with van der Waals surface area (Å²) in [6.07, 6.45) is 0. The van der Waals surface area contributed by atoms with Crippen LogP contribution in [0.3, 0.4) is 0 Å². The molecule has 26 heavy (non-hydrogen) atoms. The zero-order chi connectivity index (χ0) is 18.5. The number of nitrogens with one attached hydrogen (secondary N) is 1. The summed E-state index contributed by atoms with van der Waals surface area (Å²) in [4.78, 5) is 23.7. The van der Waals surface area contributed by atoms with Crippen LogP contribution in [0.25, 0.3) is 0 Å². The first kappa shape index (κ1) is 17.0. The topological polar surface area (TPSA) is 95.9 Å². The maximum atomic E-state index is 12.6. The Morgan fingerprint density at radius 3 is 2.27 bits per heavy atom. The summed E-state index contributed by atoms with van der Waals surface area (Å²) < 4.78 is 5.75. The van der Waals surface area contributed by atoms with Crippen LogP contribution >= 0.6 is 0 Å². The molecule has 0 bridgehead atoms. The fourth-order valence-electron chi connectivity index (χ4n) is 2.34. The van der Waals surface area contributed by atoms with Gasteiger partial charge < -0.3 is 20.3 Å². The van der Waals surface area contributed by atoms with Gasteiger partial charge in [-0.1, -0.05) is 30.3 Å². The molecule has 0 aliphatic carbocycles. The Bertz CT molecular complexity index is 953. The highest BCUT2D eigenvalue weighted by molar-refractivity contribution is 6.06. The van der Waals surface area contributed by atoms with Crippen molar-refractivity contribution < 1.29 is 24.5 Å². The molecule has 130 valence electrons. The van der Waals surface area contributed by atoms with Gasteiger partial charge in [-0.25, -0.2) is 4.79 Å². The van der Waals surface area contributed by atoms with E-state index in [1.807, 2.05) is 18.2 Å². The Hall–Kier alpha value is -3.80. The van der Waals surface area contributed by atoms with Crippen molar-refractivity contribution in [3.63, 3.8) is 0 Å². The largest absolute Gasteiger partial charge is 0.507 e. The van der Waals surface area contributed by atoms with Gasteiger partial charge in [-0.3, -0.25) is 4.79 Å². The van der Waals surface area contributed by atoms with E-state index in [-0.39, 0.29) is 17.0 Å². The highest BCUT2D eigenvalue weighted by Gasteiger charge is 2.15. The molecular weight excluding hydrogens is 334 g/mol. The molecule has 0 saturated carbocycles. The molecular formula is C20H15NO5. The summed E-state index contributed by atoms with van der Waals surface area (Å²) in [7, 11) is 0. The molecule has 3 aromatic carbocycles. The average molecular weight is 349 g/mol. The minimum Gasteiger partial charge on any atom is -0.507 e. The maximum Gasteiger partial charge on any atom is 0.339 e. The smallest absolute Gasteiger partial charge is 0.339 e. The summed E-state index contributed by atoms with van der Waals surface area (Å²) in [6.45, 7) is 0. The molecule has 0 heterocycles. The summed E-state index contributed by atoms with van der Waals surface area (Å²) in [6, 6.07) is 19.6. The van der Waals surface area contributed by atoms with Crippen molar-refractivity contribution in [2.24, 2.45) is 0 Å². The summed E-state index contributed by atoms with van der Waals surface area (Å²) >= 11 is 0. The van der Waals surface area contributed by atoms with Gasteiger partial charge in [-0.15, -0.1) is 0 Å². The molecule has 1 amide bonds. The summed E-state index contributed by atoms with van der Waals surface area (Å²) in [5.41, 5.74) is 0.248. The van der Waals surface area contributed by atoms with Crippen molar-refractivity contribution in [1.82, 2.24) is 0 Å². The third-order valence-corrected chi connectivity index (χ3v) is 3.59. The average Bonchev–Trinajstić information content (AvgIpc) is 2.64. The lowest BCUT2D eigenvalue weighted by Crippen LogP contribution is -2.13. The van der Waals surface area contributed by atoms with Gasteiger partial charge in [0.1, 0.15) is 22.8 Å². The molecule has 3 aromatic rings. The lowest BCUT2D eigenvalue weighted by molar-refractivity contribution is 0.0693. The minimum absolute atomic E-state index is 0.250. The Morgan fingerprint density at radius 2 is 1.54 bits per heavy atom. The van der Waals surface area contributed by atoms with Crippen molar-refractivity contribution in [2.45, 2.75) is 0 Å². The van der Waals surface area contributed by atoms with Crippen LogP contribution in [0.15, 0.2) is 72.8 Å². The number of amides is 1. The van der Waals surface area contributed by atoms with Crippen LogP contribution in [0.4, 0.5) is 5.69 Å². The zero-order valence-electron chi connectivity index (χ0n) is 13.5. The molecule has 6 nitrogen and oxygen atoms in total. The molecule has 3 rings (SSSR count). The summed E-state index contributed by atoms with van der Waals surface area (Å²) in [5, 5.41) is 21.2. The number of rotatable bonds is 5. The van der Waals surface area contributed by atoms with Crippen molar-refractivity contribution in [3.05, 3.63) is 83.9 Å². The molecule has 0 saturated heterocycles. The second kappa shape index (κ2) is 7.40. The van der Waals surface area contributed by atoms with Gasteiger partial charge in [-0.2, -0.15) is 0 Å². The van der Waals surface area contributed by atoms with E-state index in [0.29, 0.717) is 17.1 Å². The predicted molar refractivity (Wildman–Crippen MR) is 96.0 cm³/mol. The number of carboxylic acids is 1. The van der Waals surface area contributed by atoms with Gasteiger partial charge in [0.25, 0.3) is 5.91 Å². The molecule has 6 heteroatoms. The van der Waals surface area contributed by atoms with E-state index < -0.39 is 11.9 Å². The number of hydrogen-bond donors (Lipinski definition) is 3. The Balaban J connectivity index is 1.85. The highest BCUT2D eigenvalue weighted by atomic mass is 16.5. The van der Waals surface area contributed by atoms with Crippen LogP contribution in [0.1, 0.15) is 20.7 Å². The molecule has 0 aliphatic rings. The van der Waals surface area contributed by atoms with Gasteiger partial charge in [0.15, 0.2) is 0 Å². The molecule has 0 spiro atoms. The van der Waals surface area contributed by atoms with E-state index in [0.717, 1.165) is 0 Å². The van der Waals surface area contributed by atoms with E-state index in [4.69, 9.17) is 9.84 Å². The molecule has 0 atom stereocenters. The minimum atomic E-state index is -1.29. The van der Waals surface area contributed by atoms with Crippen LogP contribution < -0.4 is 10.1 Å². The van der Waals surface area contributed by atoms with Crippen LogP contribution in [0, 0.1) is 0 Å². The monoisotopic (exact) mass is 349 g/mol. The standard InChI is InChI=1S/C20H15NO5/c22-17-11-10-13(12-16(17)20(24)25)21-19(23)15-8-4-5-9-18(15)26-14-6-2-1-3-7-14/h1-12,22H,(H,21,23)(H,24,25). The van der Waals surface area contributed by atoms with Crippen LogP contribution in [-0.2, 0) is 0 Å². The predicted octanol–water partition coefficient (Wildman–Crippen LogP) is 4.14. The number of aromatic carboxylic acids is 1. The fraction of sp³-hybridized carbons (Fsp3) is 0. The first-order valence-electron chi connectivity index (χ1n) is 7.74. The summed E-state index contributed by atoms with van der Waals surface area (Å²) in [5.74, 6) is -1.16. The lowest BCUT2D eigenvalue weighted by atomic mass is 10.1. The number of para-hydroxylation sites is 2. The van der Waals surface area contributed by atoms with Crippen molar-refractivity contribution in [2.75, 3.05) is 5.32 Å². The van der Waals surface area contributed by atoms with Gasteiger partial charge >= 0.3 is 5.97 Å². The van der Waals surface area contributed by atoms with E-state index in [2.05, 4.69) is 5.32 Å². The molecule has 0 radical (unpaired) electrons. The Labute approximate surface area is 149 Å². The van der Waals surface area contributed by atoms with E-state index in [1.165, 1.54) is 18.2 Å². The maximum absolute atomic E-state index is 12.6. The Morgan fingerprint density at radius 1 is 0.846 bits per heavy atom. The van der Waals surface area contributed by atoms with Crippen molar-refractivity contribution in [3.8, 4) is 17.2 Å². The quantitative estimate of drug-likeness (QED) is 0.602. The van der Waals surface area contributed by atoms with E-state index in [1.54, 1.807) is 36.4 Å². The number of carboxylic acid groups (broad SMARTS) is 1. The van der Waals surface area contributed by atoms with Gasteiger partial charge in [-0.05, 0) is 42.5 Å². The van der Waals surface area contributed by atoms with E-state index >= 15 is 0 Å². The zero-order valence-corrected chi connectivity index (χ0v) is 13.5. The number of ether oxygens (including phenoxy) is 1. The number of phenols is 1. The van der Waals surface area contributed by atoms with Gasteiger partial charge in [0, 0.05) is 5.69 Å². The van der Waals surface area contributed by atoms with E-state index in [9.17, 15) is 14.7 Å². The number of aromatic hydroxyl groups is 1. The van der Waals surface area contributed by atoms with Crippen LogP contribution in [0.5, 0.6) is 17.2 Å². The SMILES string of the molecule is O=C(O)c1cc(NC(=O)c2ccccc2Oc2ccccc2)ccc1O. The molecule has 3 N–H and O–H groups in total. The lowest BCUT2D eigenvalue weighted by Gasteiger charge is -2.12. The van der Waals surface area contributed by atoms with Crippen molar-refractivity contribution >= 4 is 17.6 Å². The number of carbonyl (C=O) groups excluding carboxylic acids is 1. The fourth-order valence-corrected chi connectivity index (χ4v) is 2.34. The Kier molecular flexibility index (Phi) is 4.85. The van der Waals surface area contributed by atoms with Crippen LogP contribution in [0.2, 0.25) is 0 Å². The normalized spacial score (nSPS) is 10.2. The number of anilines is 1.